The Bertz CT molecular complexity index is 985. The van der Waals surface area contributed by atoms with Crippen molar-refractivity contribution in [2.45, 2.75) is 341 Å². The van der Waals surface area contributed by atoms with Crippen molar-refractivity contribution < 1.29 is 102 Å². The van der Waals surface area contributed by atoms with Crippen LogP contribution in [0.3, 0.4) is 0 Å². The van der Waals surface area contributed by atoms with Crippen molar-refractivity contribution in [1.82, 2.24) is 0 Å². The van der Waals surface area contributed by atoms with E-state index in [9.17, 15) is 0 Å². The number of rotatable bonds is 30. The molecule has 0 N–H and O–H groups in total. The zero-order valence-corrected chi connectivity index (χ0v) is 60.7. The van der Waals surface area contributed by atoms with Crippen LogP contribution in [0.5, 0.6) is 0 Å². The van der Waals surface area contributed by atoms with E-state index in [0.29, 0.717) is 96.7 Å². The predicted octanol–water partition coefficient (Wildman–Crippen LogP) is 19.2. The van der Waals surface area contributed by atoms with Crippen molar-refractivity contribution in [2.75, 3.05) is 40.3 Å². The van der Waals surface area contributed by atoms with E-state index in [1.165, 1.54) is 0 Å². The van der Waals surface area contributed by atoms with Crippen molar-refractivity contribution >= 4 is 0 Å². The number of nitrogens with zero attached hydrogens (tertiary/aromatic N) is 12. The fourth-order valence-corrected chi connectivity index (χ4v) is 6.17. The molecule has 0 rings (SSSR count). The van der Waals surface area contributed by atoms with Crippen LogP contribution in [0.1, 0.15) is 233 Å². The minimum Gasteiger partial charge on any atom is -0.664 e. The Hall–Kier alpha value is 2.64. The molecule has 0 bridgehead atoms. The Balaban J connectivity index is -0.0000000642. The second kappa shape index (κ2) is 66.8. The maximum atomic E-state index is 4.70. The summed E-state index contributed by atoms with van der Waals surface area (Å²) in [7, 11) is 3.65. The topological polar surface area (TPSA) is 169 Å². The van der Waals surface area contributed by atoms with Gasteiger partial charge in [-0.2, -0.15) is 99.7 Å². The minimum atomic E-state index is 0. The summed E-state index contributed by atoms with van der Waals surface area (Å²) in [6.45, 7) is 67.7. The second-order valence-electron chi connectivity index (χ2n) is 22.1. The number of hydrogen-bond donors (Lipinski definition) is 0. The molecule has 0 aliphatic heterocycles. The van der Waals surface area contributed by atoms with E-state index in [4.69, 9.17) is 10.6 Å². The second-order valence-corrected chi connectivity index (χ2v) is 22.1. The third kappa shape index (κ3) is 78.7. The third-order valence-corrected chi connectivity index (χ3v) is 11.6. The molecule has 0 spiro atoms. The molecule has 0 amide bonds. The van der Waals surface area contributed by atoms with Crippen LogP contribution >= 0.6 is 0 Å². The van der Waals surface area contributed by atoms with Gasteiger partial charge < -0.3 is 63.8 Å². The molecular formula is C58H128Cu6N12. The summed E-state index contributed by atoms with van der Waals surface area (Å²) in [5.74, 6) is 0. The smallest absolute Gasteiger partial charge is 0.664 e. The summed E-state index contributed by atoms with van der Waals surface area (Å²) < 4.78 is 0. The van der Waals surface area contributed by atoms with Crippen molar-refractivity contribution in [1.29, 1.82) is 0 Å². The molecule has 6 radical (unpaired) electrons. The maximum absolute atomic E-state index is 4.70. The van der Waals surface area contributed by atoms with Crippen LogP contribution < -0.4 is 0 Å². The standard InChI is InChI=1S/2C12H26N2.2C10H22N2.C8H18N2.C6H14N2.6Cu/c1-9(13-11(3,4)5)10(2)14-12(6,7)8;1-7-9(3)13-11(5)12(6)14-10(4)8-2;1-7(2)11-9(5)10(6)12-8(3)4;1-5-7-11-9(3)10(4)12-8-6-2;1-5-9-7(3)8(4)10-6-2;1-5(7-3)6(2)8-4;;;;;;/h9-10H,1-8H3;9-12H,7-8H2,1-6H3;7-10H,1-6H3;9-10H,5-8H2,1-4H3;7-8H,5-6H2,1-4H3;5-6H,1-4H3;;;;;;/q6*-2;6*+2. The minimum absolute atomic E-state index is 0. The van der Waals surface area contributed by atoms with Crippen LogP contribution in [0.25, 0.3) is 63.8 Å². The van der Waals surface area contributed by atoms with Gasteiger partial charge >= 0.3 is 102 Å². The third-order valence-electron chi connectivity index (χ3n) is 11.6. The molecule has 0 saturated carbocycles. The van der Waals surface area contributed by atoms with Gasteiger partial charge in [-0.05, 0) is 0 Å². The molecule has 0 fully saturated rings. The predicted molar refractivity (Wildman–Crippen MR) is 326 cm³/mol. The van der Waals surface area contributed by atoms with Crippen LogP contribution in [0.4, 0.5) is 0 Å². The van der Waals surface area contributed by atoms with Gasteiger partial charge in [0.25, 0.3) is 0 Å². The Labute approximate surface area is 543 Å². The van der Waals surface area contributed by atoms with Gasteiger partial charge in [0.2, 0.25) is 0 Å². The number of likely N-dealkylation sites (N-methyl/N-ethyl adjacent to an activating group) is 4. The summed E-state index contributed by atoms with van der Waals surface area (Å²) in [5, 5.41) is 53.7. The van der Waals surface area contributed by atoms with E-state index in [0.717, 1.165) is 51.9 Å². The molecule has 14 unspecified atom stereocenters. The van der Waals surface area contributed by atoms with Gasteiger partial charge in [-0.15, -0.1) is 48.3 Å². The number of hydrogen-bond acceptors (Lipinski definition) is 0. The maximum Gasteiger partial charge on any atom is 2.00 e. The Morgan fingerprint density at radius 2 is 0.513 bits per heavy atom. The first-order valence-electron chi connectivity index (χ1n) is 28.2. The summed E-state index contributed by atoms with van der Waals surface area (Å²) in [4.78, 5) is 0. The van der Waals surface area contributed by atoms with Crippen molar-refractivity contribution in [3.05, 3.63) is 63.8 Å². The first-order valence-corrected chi connectivity index (χ1v) is 28.2. The molecule has 0 aliphatic rings. The fraction of sp³-hybridized carbons (Fsp3) is 1.00. The van der Waals surface area contributed by atoms with E-state index in [-0.39, 0.29) is 113 Å². The molecule has 0 aliphatic carbocycles. The van der Waals surface area contributed by atoms with E-state index < -0.39 is 0 Å². The summed E-state index contributed by atoms with van der Waals surface area (Å²) in [6, 6.07) is 6.15. The first kappa shape index (κ1) is 107. The first-order chi connectivity index (χ1) is 32.1. The van der Waals surface area contributed by atoms with Crippen molar-refractivity contribution in [3.63, 3.8) is 0 Å². The van der Waals surface area contributed by atoms with E-state index in [1.54, 1.807) is 0 Å². The summed E-state index contributed by atoms with van der Waals surface area (Å²) in [5.41, 5.74) is 0.0855. The Morgan fingerprint density at radius 1 is 0.289 bits per heavy atom. The molecular weight excluding hydrogens is 1250 g/mol. The average molecular weight is 1380 g/mol. The molecule has 0 heterocycles. The monoisotopic (exact) mass is 1370 g/mol. The van der Waals surface area contributed by atoms with E-state index in [1.807, 2.05) is 14.1 Å². The molecule has 0 aromatic rings. The van der Waals surface area contributed by atoms with Gasteiger partial charge in [0.05, 0.1) is 0 Å². The average Bonchev–Trinajstić information content (AvgIpc) is 3.26. The van der Waals surface area contributed by atoms with Gasteiger partial charge in [-0.1, -0.05) is 233 Å². The molecule has 486 valence electrons. The normalized spacial score (nSPS) is 16.3. The SMILES string of the molecule is CC(C)[N-]C(C)C(C)[N-]C(C)C.CC([N-]C(C)(C)C)C(C)[N-]C(C)(C)C.CCC(C)[N-]C(C)C(C)[N-]C(C)CC.CCC[N-]C(C)C(C)[N-]CCC.CC[N-]C(C)C(C)[N-]CC.C[N-]C(C)C(C)[N-]C.[Cu+2].[Cu+2].[Cu+2].[Cu+2].[Cu+2].[Cu+2]. The molecule has 14 atom stereocenters. The zero-order chi connectivity index (χ0) is 56.4. The molecule has 0 aromatic carbocycles. The molecule has 12 nitrogen and oxygen atoms in total. The quantitative estimate of drug-likeness (QED) is 0.0625. The van der Waals surface area contributed by atoms with Gasteiger partial charge in [0.15, 0.2) is 0 Å². The van der Waals surface area contributed by atoms with Gasteiger partial charge in [0.1, 0.15) is 0 Å². The van der Waals surface area contributed by atoms with Crippen LogP contribution in [-0.2, 0) is 102 Å². The summed E-state index contributed by atoms with van der Waals surface area (Å²) in [6.07, 6.45) is 4.54. The van der Waals surface area contributed by atoms with Gasteiger partial charge in [0, 0.05) is 0 Å². The molecule has 0 aromatic heterocycles. The summed E-state index contributed by atoms with van der Waals surface area (Å²) >= 11 is 0. The zero-order valence-electron chi connectivity index (χ0n) is 55.1. The van der Waals surface area contributed by atoms with Crippen LogP contribution in [-0.4, -0.2) is 148 Å². The fourth-order valence-electron chi connectivity index (χ4n) is 6.17. The Kier molecular flexibility index (Phi) is 93.8. The Morgan fingerprint density at radius 3 is 0.684 bits per heavy atom. The largest absolute Gasteiger partial charge is 2.00 e. The van der Waals surface area contributed by atoms with Crippen molar-refractivity contribution in [3.8, 4) is 0 Å². The van der Waals surface area contributed by atoms with Crippen molar-refractivity contribution in [2.24, 2.45) is 0 Å². The molecule has 0 saturated heterocycles. The van der Waals surface area contributed by atoms with Crippen LogP contribution in [0.15, 0.2) is 0 Å². The van der Waals surface area contributed by atoms with E-state index >= 15 is 0 Å². The van der Waals surface area contributed by atoms with E-state index in [2.05, 4.69) is 261 Å². The van der Waals surface area contributed by atoms with Gasteiger partial charge in [-0.3, -0.25) is 0 Å². The molecule has 18 heteroatoms. The van der Waals surface area contributed by atoms with Crippen LogP contribution in [0, 0.1) is 0 Å². The van der Waals surface area contributed by atoms with Gasteiger partial charge in [-0.25, -0.2) is 0 Å². The molecule has 76 heavy (non-hydrogen) atoms. The van der Waals surface area contributed by atoms with Crippen LogP contribution in [0.2, 0.25) is 0 Å².